The van der Waals surface area contributed by atoms with Crippen molar-refractivity contribution in [1.82, 2.24) is 4.90 Å². The zero-order valence-corrected chi connectivity index (χ0v) is 10.7. The molecule has 5 nitrogen and oxygen atoms in total. The van der Waals surface area contributed by atoms with Gasteiger partial charge in [0, 0.05) is 13.6 Å². The Morgan fingerprint density at radius 1 is 1.44 bits per heavy atom. The van der Waals surface area contributed by atoms with E-state index in [0.29, 0.717) is 13.0 Å². The largest absolute Gasteiger partial charge is 0.444 e. The van der Waals surface area contributed by atoms with E-state index in [2.05, 4.69) is 0 Å². The third-order valence-electron chi connectivity index (χ3n) is 1.93. The van der Waals surface area contributed by atoms with Crippen molar-refractivity contribution < 1.29 is 9.53 Å². The summed E-state index contributed by atoms with van der Waals surface area (Å²) in [5, 5.41) is 8.72. The minimum Gasteiger partial charge on any atom is -0.444 e. The molecule has 1 unspecified atom stereocenters. The lowest BCUT2D eigenvalue weighted by Gasteiger charge is -2.26. The zero-order chi connectivity index (χ0) is 13.0. The van der Waals surface area contributed by atoms with Gasteiger partial charge in [-0.15, -0.1) is 0 Å². The van der Waals surface area contributed by atoms with Gasteiger partial charge in [-0.3, -0.25) is 0 Å². The Hall–Kier alpha value is -1.28. The van der Waals surface area contributed by atoms with Crippen LogP contribution in [0.2, 0.25) is 0 Å². The van der Waals surface area contributed by atoms with Crippen LogP contribution in [0.3, 0.4) is 0 Å². The van der Waals surface area contributed by atoms with Gasteiger partial charge in [0.25, 0.3) is 0 Å². The molecule has 5 heteroatoms. The summed E-state index contributed by atoms with van der Waals surface area (Å²) in [4.78, 5) is 13.0. The molecule has 0 aromatic carbocycles. The van der Waals surface area contributed by atoms with E-state index in [4.69, 9.17) is 15.7 Å². The minimum absolute atomic E-state index is 0.398. The standard InChI is InChI=1S/C11H21N3O2/c1-10(2,3)16-9(15)14(5)7-6-11(4,13)8-12/h6-7,13H2,1-5H3. The molecule has 1 amide bonds. The van der Waals surface area contributed by atoms with Crippen molar-refractivity contribution in [1.29, 1.82) is 5.26 Å². The van der Waals surface area contributed by atoms with Gasteiger partial charge in [0.2, 0.25) is 0 Å². The first-order valence-corrected chi connectivity index (χ1v) is 5.22. The molecule has 92 valence electrons. The molecule has 0 bridgehead atoms. The van der Waals surface area contributed by atoms with Crippen molar-refractivity contribution in [3.05, 3.63) is 0 Å². The van der Waals surface area contributed by atoms with Crippen molar-refractivity contribution in [3.63, 3.8) is 0 Å². The molecule has 1 atom stereocenters. The second-order valence-corrected chi connectivity index (χ2v) is 5.18. The number of carbonyl (C=O) groups is 1. The molecule has 0 rings (SSSR count). The van der Waals surface area contributed by atoms with Crippen LogP contribution < -0.4 is 5.73 Å². The number of carbonyl (C=O) groups excluding carboxylic acids is 1. The Balaban J connectivity index is 4.14. The van der Waals surface area contributed by atoms with E-state index >= 15 is 0 Å². The lowest BCUT2D eigenvalue weighted by molar-refractivity contribution is 0.0292. The molecule has 2 N–H and O–H groups in total. The highest BCUT2D eigenvalue weighted by Crippen LogP contribution is 2.10. The highest BCUT2D eigenvalue weighted by Gasteiger charge is 2.22. The summed E-state index contributed by atoms with van der Waals surface area (Å²) in [6.45, 7) is 7.45. The molecule has 0 heterocycles. The average molecular weight is 227 g/mol. The SMILES string of the molecule is CN(CCC(C)(N)C#N)C(=O)OC(C)(C)C. The predicted molar refractivity (Wildman–Crippen MR) is 61.7 cm³/mol. The smallest absolute Gasteiger partial charge is 0.410 e. The van der Waals surface area contributed by atoms with Gasteiger partial charge in [-0.1, -0.05) is 0 Å². The predicted octanol–water partition coefficient (Wildman–Crippen LogP) is 1.48. The number of nitrogens with two attached hydrogens (primary N) is 1. The van der Waals surface area contributed by atoms with Gasteiger partial charge in [-0.05, 0) is 34.1 Å². The first kappa shape index (κ1) is 14.7. The second-order valence-electron chi connectivity index (χ2n) is 5.18. The molecule has 0 radical (unpaired) electrons. The Bertz CT molecular complexity index is 287. The number of hydrogen-bond donors (Lipinski definition) is 1. The lowest BCUT2D eigenvalue weighted by atomic mass is 10.0. The van der Waals surface area contributed by atoms with Crippen LogP contribution in [0.15, 0.2) is 0 Å². The summed E-state index contributed by atoms with van der Waals surface area (Å²) in [5.74, 6) is 0. The van der Waals surface area contributed by atoms with Crippen molar-refractivity contribution in [2.45, 2.75) is 45.3 Å². The molecule has 0 aromatic rings. The third kappa shape index (κ3) is 6.25. The van der Waals surface area contributed by atoms with Gasteiger partial charge >= 0.3 is 6.09 Å². The summed E-state index contributed by atoms with van der Waals surface area (Å²) >= 11 is 0. The molecule has 0 saturated carbocycles. The van der Waals surface area contributed by atoms with E-state index in [1.165, 1.54) is 4.90 Å². The molecule has 0 spiro atoms. The van der Waals surface area contributed by atoms with E-state index in [1.54, 1.807) is 34.7 Å². The Morgan fingerprint density at radius 2 is 1.94 bits per heavy atom. The molecular weight excluding hydrogens is 206 g/mol. The van der Waals surface area contributed by atoms with Crippen molar-refractivity contribution in [2.24, 2.45) is 5.73 Å². The summed E-state index contributed by atoms with van der Waals surface area (Å²) in [5.41, 5.74) is 4.24. The highest BCUT2D eigenvalue weighted by molar-refractivity contribution is 5.67. The number of ether oxygens (including phenoxy) is 1. The summed E-state index contributed by atoms with van der Waals surface area (Å²) < 4.78 is 5.16. The molecule has 16 heavy (non-hydrogen) atoms. The maximum Gasteiger partial charge on any atom is 0.410 e. The molecular formula is C11H21N3O2. The molecule has 0 fully saturated rings. The lowest BCUT2D eigenvalue weighted by Crippen LogP contribution is -2.41. The molecule has 0 aliphatic carbocycles. The van der Waals surface area contributed by atoms with Crippen LogP contribution in [0, 0.1) is 11.3 Å². The van der Waals surface area contributed by atoms with Crippen LogP contribution in [-0.2, 0) is 4.74 Å². The first-order chi connectivity index (χ1) is 7.07. The number of nitrogens with zero attached hydrogens (tertiary/aromatic N) is 2. The van der Waals surface area contributed by atoms with Gasteiger partial charge in [0.15, 0.2) is 0 Å². The van der Waals surface area contributed by atoms with Crippen molar-refractivity contribution in [2.75, 3.05) is 13.6 Å². The zero-order valence-electron chi connectivity index (χ0n) is 10.7. The van der Waals surface area contributed by atoms with Gasteiger partial charge in [0.1, 0.15) is 11.1 Å². The number of rotatable bonds is 3. The van der Waals surface area contributed by atoms with Crippen LogP contribution in [0.4, 0.5) is 4.79 Å². The fourth-order valence-corrected chi connectivity index (χ4v) is 0.887. The Morgan fingerprint density at radius 3 is 2.31 bits per heavy atom. The van der Waals surface area contributed by atoms with Gasteiger partial charge in [0.05, 0.1) is 6.07 Å². The van der Waals surface area contributed by atoms with E-state index in [1.807, 2.05) is 6.07 Å². The Kier molecular flexibility index (Phi) is 4.76. The quantitative estimate of drug-likeness (QED) is 0.792. The summed E-state index contributed by atoms with van der Waals surface area (Å²) in [7, 11) is 1.63. The maximum absolute atomic E-state index is 11.5. The number of hydrogen-bond acceptors (Lipinski definition) is 4. The second kappa shape index (κ2) is 5.17. The van der Waals surface area contributed by atoms with E-state index in [9.17, 15) is 4.79 Å². The van der Waals surface area contributed by atoms with Crippen molar-refractivity contribution >= 4 is 6.09 Å². The van der Waals surface area contributed by atoms with Gasteiger partial charge < -0.3 is 15.4 Å². The van der Waals surface area contributed by atoms with Crippen molar-refractivity contribution in [3.8, 4) is 6.07 Å². The fourth-order valence-electron chi connectivity index (χ4n) is 0.887. The minimum atomic E-state index is -0.906. The Labute approximate surface area is 97.2 Å². The van der Waals surface area contributed by atoms with Crippen LogP contribution in [0.5, 0.6) is 0 Å². The number of amides is 1. The topological polar surface area (TPSA) is 79.4 Å². The van der Waals surface area contributed by atoms with Crippen LogP contribution in [0.25, 0.3) is 0 Å². The third-order valence-corrected chi connectivity index (χ3v) is 1.93. The average Bonchev–Trinajstić information content (AvgIpc) is 2.11. The van der Waals surface area contributed by atoms with Crippen LogP contribution >= 0.6 is 0 Å². The van der Waals surface area contributed by atoms with E-state index in [-0.39, 0.29) is 0 Å². The normalized spacial score (nSPS) is 14.8. The fraction of sp³-hybridized carbons (Fsp3) is 0.818. The molecule has 0 aliphatic rings. The van der Waals surface area contributed by atoms with Crippen LogP contribution in [0.1, 0.15) is 34.1 Å². The first-order valence-electron chi connectivity index (χ1n) is 5.22. The monoisotopic (exact) mass is 227 g/mol. The van der Waals surface area contributed by atoms with E-state index in [0.717, 1.165) is 0 Å². The summed E-state index contributed by atoms with van der Waals surface area (Å²) in [6, 6.07) is 1.98. The van der Waals surface area contributed by atoms with Gasteiger partial charge in [-0.25, -0.2) is 4.79 Å². The van der Waals surface area contributed by atoms with Gasteiger partial charge in [-0.2, -0.15) is 5.26 Å². The molecule has 0 aromatic heterocycles. The molecule has 0 aliphatic heterocycles. The molecule has 0 saturated heterocycles. The van der Waals surface area contributed by atoms with E-state index < -0.39 is 17.2 Å². The number of nitriles is 1. The summed E-state index contributed by atoms with van der Waals surface area (Å²) in [6.07, 6.45) is 0.0143. The highest BCUT2D eigenvalue weighted by atomic mass is 16.6. The maximum atomic E-state index is 11.5. The van der Waals surface area contributed by atoms with Crippen LogP contribution in [-0.4, -0.2) is 35.7 Å².